The van der Waals surface area contributed by atoms with E-state index < -0.39 is 7.12 Å². The first-order valence-electron chi connectivity index (χ1n) is 17.6. The summed E-state index contributed by atoms with van der Waals surface area (Å²) in [5, 5.41) is 1.84. The second kappa shape index (κ2) is 13.6. The third-order valence-corrected chi connectivity index (χ3v) is 10.7. The maximum atomic E-state index is 13.8. The summed E-state index contributed by atoms with van der Waals surface area (Å²) in [6.45, 7) is 4.56. The van der Waals surface area contributed by atoms with Crippen molar-refractivity contribution in [3.8, 4) is 11.5 Å². The quantitative estimate of drug-likeness (QED) is 0.206. The number of hydrogen-bond acceptors (Lipinski definition) is 6. The number of anilines is 1. The van der Waals surface area contributed by atoms with E-state index in [0.717, 1.165) is 79.3 Å². The SMILES string of the molecule is NCc1cccc(C2CCN(C(=O)c3cccc4cc5c(cc34)OB(c3c[c]c(N4CCC(c6cccc(CN)c6)CC4)cc3)O5)CC2)c1. The molecular formula is C41H42BN4O3. The lowest BCUT2D eigenvalue weighted by molar-refractivity contribution is 0.0715. The van der Waals surface area contributed by atoms with Crippen molar-refractivity contribution in [1.82, 2.24) is 4.90 Å². The van der Waals surface area contributed by atoms with Crippen molar-refractivity contribution in [1.29, 1.82) is 0 Å². The second-order valence-corrected chi connectivity index (χ2v) is 13.6. The van der Waals surface area contributed by atoms with Crippen LogP contribution in [0, 0.1) is 6.07 Å². The first kappa shape index (κ1) is 31.5. The van der Waals surface area contributed by atoms with Crippen LogP contribution in [-0.4, -0.2) is 44.1 Å². The molecule has 0 aliphatic carbocycles. The van der Waals surface area contributed by atoms with Gasteiger partial charge >= 0.3 is 7.12 Å². The van der Waals surface area contributed by atoms with Gasteiger partial charge in [-0.1, -0.05) is 66.7 Å². The molecule has 5 aromatic carbocycles. The average Bonchev–Trinajstić information content (AvgIpc) is 3.60. The topological polar surface area (TPSA) is 94.1 Å². The third kappa shape index (κ3) is 6.39. The van der Waals surface area contributed by atoms with Crippen LogP contribution in [0.3, 0.4) is 0 Å². The summed E-state index contributed by atoms with van der Waals surface area (Å²) in [6.07, 6.45) is 4.09. The minimum absolute atomic E-state index is 0.0634. The van der Waals surface area contributed by atoms with Crippen LogP contribution < -0.4 is 31.1 Å². The van der Waals surface area contributed by atoms with Gasteiger partial charge in [0.15, 0.2) is 0 Å². The molecule has 2 fully saturated rings. The summed E-state index contributed by atoms with van der Waals surface area (Å²) in [6, 6.07) is 36.8. The minimum Gasteiger partial charge on any atom is -0.519 e. The summed E-state index contributed by atoms with van der Waals surface area (Å²) in [4.78, 5) is 18.2. The molecule has 5 aromatic rings. The number of carbonyl (C=O) groups is 1. The van der Waals surface area contributed by atoms with Gasteiger partial charge in [0.05, 0.1) is 0 Å². The second-order valence-electron chi connectivity index (χ2n) is 13.6. The van der Waals surface area contributed by atoms with Crippen molar-refractivity contribution in [2.75, 3.05) is 31.1 Å². The smallest absolute Gasteiger partial charge is 0.519 e. The van der Waals surface area contributed by atoms with E-state index in [4.69, 9.17) is 20.8 Å². The van der Waals surface area contributed by atoms with Gasteiger partial charge in [-0.3, -0.25) is 4.79 Å². The Morgan fingerprint density at radius 2 is 1.35 bits per heavy atom. The molecule has 7 nitrogen and oxygen atoms in total. The number of nitrogens with two attached hydrogens (primary N) is 2. The molecule has 0 spiro atoms. The van der Waals surface area contributed by atoms with Crippen molar-refractivity contribution in [2.45, 2.75) is 50.6 Å². The zero-order valence-corrected chi connectivity index (χ0v) is 27.8. The fourth-order valence-electron chi connectivity index (χ4n) is 7.81. The lowest BCUT2D eigenvalue weighted by atomic mass is 9.79. The molecule has 3 aliphatic rings. The van der Waals surface area contributed by atoms with Crippen LogP contribution in [0.25, 0.3) is 10.8 Å². The van der Waals surface area contributed by atoms with Crippen LogP contribution in [0.15, 0.2) is 97.1 Å². The monoisotopic (exact) mass is 649 g/mol. The Bertz CT molecular complexity index is 1970. The van der Waals surface area contributed by atoms with Crippen molar-refractivity contribution < 1.29 is 14.1 Å². The number of piperidine rings is 2. The zero-order chi connectivity index (χ0) is 33.3. The Morgan fingerprint density at radius 3 is 1.96 bits per heavy atom. The van der Waals surface area contributed by atoms with Gasteiger partial charge in [-0.05, 0) is 101 Å². The molecule has 2 saturated heterocycles. The van der Waals surface area contributed by atoms with Gasteiger partial charge in [-0.15, -0.1) is 0 Å². The van der Waals surface area contributed by atoms with Crippen LogP contribution in [0.5, 0.6) is 11.5 Å². The van der Waals surface area contributed by atoms with E-state index in [2.05, 4.69) is 71.6 Å². The highest BCUT2D eigenvalue weighted by Gasteiger charge is 2.35. The van der Waals surface area contributed by atoms with Crippen molar-refractivity contribution in [3.63, 3.8) is 0 Å². The van der Waals surface area contributed by atoms with Crippen LogP contribution in [0.2, 0.25) is 0 Å². The van der Waals surface area contributed by atoms with E-state index in [-0.39, 0.29) is 5.91 Å². The molecule has 8 rings (SSSR count). The lowest BCUT2D eigenvalue weighted by Gasteiger charge is -2.34. The number of amides is 1. The van der Waals surface area contributed by atoms with Gasteiger partial charge in [-0.2, -0.15) is 0 Å². The standard InChI is InChI=1S/C41H42BN4O3/c43-26-28-4-1-6-32(22-28)30-14-18-45(19-15-30)36-12-10-35(11-13-36)42-48-39-24-34-8-3-9-37(38(34)25-40(39)49-42)41(47)46-20-16-31(17-21-46)33-7-2-5-29(23-33)27-44/h1-12,22-25,30-31H,14-21,26-27,43-44H2. The third-order valence-electron chi connectivity index (χ3n) is 10.7. The van der Waals surface area contributed by atoms with Gasteiger partial charge in [0.2, 0.25) is 0 Å². The largest absolute Gasteiger partial charge is 0.632 e. The normalized spacial score (nSPS) is 16.8. The Hall–Kier alpha value is -4.79. The first-order chi connectivity index (χ1) is 24.1. The molecule has 3 aliphatic heterocycles. The van der Waals surface area contributed by atoms with Crippen LogP contribution >= 0.6 is 0 Å². The maximum Gasteiger partial charge on any atom is 0.632 e. The summed E-state index contributed by atoms with van der Waals surface area (Å²) in [7, 11) is -0.561. The van der Waals surface area contributed by atoms with Crippen molar-refractivity contribution in [3.05, 3.63) is 131 Å². The molecule has 4 N–H and O–H groups in total. The molecule has 0 aromatic heterocycles. The molecule has 247 valence electrons. The molecule has 3 heterocycles. The van der Waals surface area contributed by atoms with Crippen LogP contribution in [0.4, 0.5) is 5.69 Å². The molecular weight excluding hydrogens is 607 g/mol. The van der Waals surface area contributed by atoms with E-state index in [0.29, 0.717) is 42.0 Å². The number of carbonyl (C=O) groups excluding carboxylic acids is 1. The van der Waals surface area contributed by atoms with E-state index >= 15 is 0 Å². The van der Waals surface area contributed by atoms with E-state index in [1.54, 1.807) is 0 Å². The zero-order valence-electron chi connectivity index (χ0n) is 27.8. The predicted octanol–water partition coefficient (Wildman–Crippen LogP) is 6.13. The highest BCUT2D eigenvalue weighted by atomic mass is 16.6. The van der Waals surface area contributed by atoms with Crippen molar-refractivity contribution >= 4 is 34.9 Å². The number of nitrogens with zero attached hydrogens (tertiary/aromatic N) is 2. The minimum atomic E-state index is -0.561. The summed E-state index contributed by atoms with van der Waals surface area (Å²) >= 11 is 0. The van der Waals surface area contributed by atoms with Crippen LogP contribution in [-0.2, 0) is 13.1 Å². The highest BCUT2D eigenvalue weighted by molar-refractivity contribution is 6.63. The lowest BCUT2D eigenvalue weighted by Crippen LogP contribution is -2.39. The molecule has 1 amide bonds. The summed E-state index contributed by atoms with van der Waals surface area (Å²) in [5.41, 5.74) is 19.5. The average molecular weight is 650 g/mol. The van der Waals surface area contributed by atoms with Crippen molar-refractivity contribution in [2.24, 2.45) is 11.5 Å². The fraction of sp³-hybridized carbons (Fsp3) is 0.293. The van der Waals surface area contributed by atoms with Gasteiger partial charge in [-0.25, -0.2) is 0 Å². The number of likely N-dealkylation sites (tertiary alicyclic amines) is 1. The Labute approximate surface area is 288 Å². The molecule has 49 heavy (non-hydrogen) atoms. The van der Waals surface area contributed by atoms with Gasteiger partial charge < -0.3 is 30.6 Å². The maximum absolute atomic E-state index is 13.8. The Balaban J connectivity index is 0.916. The summed E-state index contributed by atoms with van der Waals surface area (Å²) in [5.74, 6) is 2.41. The number of rotatable bonds is 7. The van der Waals surface area contributed by atoms with E-state index in [9.17, 15) is 4.79 Å². The Morgan fingerprint density at radius 1 is 0.735 bits per heavy atom. The van der Waals surface area contributed by atoms with Gasteiger partial charge in [0.25, 0.3) is 5.91 Å². The summed E-state index contributed by atoms with van der Waals surface area (Å²) < 4.78 is 12.6. The molecule has 0 bridgehead atoms. The molecule has 0 atom stereocenters. The van der Waals surface area contributed by atoms with Gasteiger partial charge in [0.1, 0.15) is 11.5 Å². The molecule has 0 unspecified atom stereocenters. The fourth-order valence-corrected chi connectivity index (χ4v) is 7.81. The molecule has 1 radical (unpaired) electrons. The molecule has 8 heteroatoms. The van der Waals surface area contributed by atoms with E-state index in [1.165, 1.54) is 16.7 Å². The number of benzene rings is 5. The molecule has 0 saturated carbocycles. The predicted molar refractivity (Wildman–Crippen MR) is 197 cm³/mol. The van der Waals surface area contributed by atoms with E-state index in [1.807, 2.05) is 41.3 Å². The van der Waals surface area contributed by atoms with Crippen LogP contribution in [0.1, 0.15) is 70.1 Å². The first-order valence-corrected chi connectivity index (χ1v) is 17.6. The van der Waals surface area contributed by atoms with Gasteiger partial charge in [0, 0.05) is 62.0 Å². The number of fused-ring (bicyclic) bond motifs is 2. The Kier molecular flexibility index (Phi) is 8.75. The number of hydrogen-bond donors (Lipinski definition) is 2. The highest BCUT2D eigenvalue weighted by Crippen LogP contribution is 2.39.